The van der Waals surface area contributed by atoms with Crippen molar-refractivity contribution in [3.05, 3.63) is 41.4 Å². The third-order valence-electron chi connectivity index (χ3n) is 2.47. The highest BCUT2D eigenvalue weighted by molar-refractivity contribution is 6.30. The predicted octanol–water partition coefficient (Wildman–Crippen LogP) is 2.98. The fraction of sp³-hybridized carbons (Fsp3) is 0.231. The van der Waals surface area contributed by atoms with Gasteiger partial charge < -0.3 is 14.3 Å². The lowest BCUT2D eigenvalue weighted by Gasteiger charge is -2.05. The van der Waals surface area contributed by atoms with Gasteiger partial charge in [-0.3, -0.25) is 0 Å². The molecule has 6 heteroatoms. The van der Waals surface area contributed by atoms with Crippen molar-refractivity contribution in [3.8, 4) is 11.3 Å². The van der Waals surface area contributed by atoms with Gasteiger partial charge in [0.25, 0.3) is 0 Å². The maximum absolute atomic E-state index is 10.6. The van der Waals surface area contributed by atoms with Crippen molar-refractivity contribution < 1.29 is 19.1 Å². The summed E-state index contributed by atoms with van der Waals surface area (Å²) in [5, 5.41) is 9.29. The molecule has 0 saturated heterocycles. The fourth-order valence-electron chi connectivity index (χ4n) is 1.42. The summed E-state index contributed by atoms with van der Waals surface area (Å²) in [6.45, 7) is 1.46. The Morgan fingerprint density at radius 3 is 3.05 bits per heavy atom. The highest BCUT2D eigenvalue weighted by Crippen LogP contribution is 2.23. The van der Waals surface area contributed by atoms with Gasteiger partial charge >= 0.3 is 5.97 Å². The second kappa shape index (κ2) is 5.86. The molecular formula is C13H12ClNO4. The molecule has 0 unspecified atom stereocenters. The van der Waals surface area contributed by atoms with Gasteiger partial charge in [0.15, 0.2) is 11.9 Å². The first-order chi connectivity index (χ1) is 9.06. The van der Waals surface area contributed by atoms with Crippen molar-refractivity contribution in [2.75, 3.05) is 0 Å². The lowest BCUT2D eigenvalue weighted by molar-refractivity contribution is -0.150. The van der Waals surface area contributed by atoms with E-state index < -0.39 is 12.1 Å². The Hall–Kier alpha value is -1.85. The van der Waals surface area contributed by atoms with Gasteiger partial charge in [0.2, 0.25) is 5.89 Å². The molecule has 5 nitrogen and oxygen atoms in total. The molecule has 1 aromatic heterocycles. The summed E-state index contributed by atoms with van der Waals surface area (Å²) in [5.41, 5.74) is 0.803. The number of oxazole rings is 1. The Bertz CT molecular complexity index is 582. The molecule has 1 N–H and O–H groups in total. The Morgan fingerprint density at radius 1 is 1.58 bits per heavy atom. The minimum Gasteiger partial charge on any atom is -0.479 e. The number of carbonyl (C=O) groups is 1. The van der Waals surface area contributed by atoms with Gasteiger partial charge in [0, 0.05) is 10.6 Å². The molecule has 0 saturated carbocycles. The summed E-state index contributed by atoms with van der Waals surface area (Å²) in [7, 11) is 0. The van der Waals surface area contributed by atoms with E-state index in [9.17, 15) is 4.79 Å². The summed E-state index contributed by atoms with van der Waals surface area (Å²) >= 11 is 5.89. The van der Waals surface area contributed by atoms with E-state index in [1.165, 1.54) is 6.92 Å². The van der Waals surface area contributed by atoms with E-state index in [2.05, 4.69) is 4.98 Å². The third kappa shape index (κ3) is 3.56. The van der Waals surface area contributed by atoms with Crippen molar-refractivity contribution in [3.63, 3.8) is 0 Å². The van der Waals surface area contributed by atoms with Gasteiger partial charge in [-0.1, -0.05) is 23.7 Å². The Balaban J connectivity index is 2.05. The maximum atomic E-state index is 10.6. The largest absolute Gasteiger partial charge is 0.479 e. The van der Waals surface area contributed by atoms with Gasteiger partial charge in [-0.15, -0.1) is 0 Å². The topological polar surface area (TPSA) is 72.6 Å². The van der Waals surface area contributed by atoms with Crippen molar-refractivity contribution in [1.29, 1.82) is 0 Å². The van der Waals surface area contributed by atoms with Crippen LogP contribution in [0.25, 0.3) is 11.3 Å². The molecule has 2 aromatic rings. The van der Waals surface area contributed by atoms with Crippen LogP contribution in [0.1, 0.15) is 12.8 Å². The van der Waals surface area contributed by atoms with E-state index >= 15 is 0 Å². The highest BCUT2D eigenvalue weighted by Gasteiger charge is 2.13. The van der Waals surface area contributed by atoms with Crippen molar-refractivity contribution in [2.45, 2.75) is 19.6 Å². The van der Waals surface area contributed by atoms with Crippen LogP contribution in [-0.4, -0.2) is 22.2 Å². The first-order valence-electron chi connectivity index (χ1n) is 5.61. The molecule has 1 atom stereocenters. The summed E-state index contributed by atoms with van der Waals surface area (Å²) in [4.78, 5) is 14.6. The molecule has 0 spiro atoms. The van der Waals surface area contributed by atoms with E-state index in [-0.39, 0.29) is 6.61 Å². The van der Waals surface area contributed by atoms with Gasteiger partial charge in [-0.25, -0.2) is 9.78 Å². The van der Waals surface area contributed by atoms with E-state index in [1.54, 1.807) is 18.3 Å². The van der Waals surface area contributed by atoms with Gasteiger partial charge in [-0.2, -0.15) is 0 Å². The Morgan fingerprint density at radius 2 is 2.37 bits per heavy atom. The number of carboxylic acid groups (broad SMARTS) is 1. The number of benzene rings is 1. The molecule has 0 bridgehead atoms. The van der Waals surface area contributed by atoms with Gasteiger partial charge in [-0.05, 0) is 19.1 Å². The van der Waals surface area contributed by atoms with Crippen molar-refractivity contribution in [2.24, 2.45) is 0 Å². The molecule has 1 aromatic carbocycles. The molecule has 100 valence electrons. The normalized spacial score (nSPS) is 12.3. The second-order valence-corrected chi connectivity index (χ2v) is 4.36. The minimum absolute atomic E-state index is 0.00797. The Labute approximate surface area is 114 Å². The van der Waals surface area contributed by atoms with Gasteiger partial charge in [0.05, 0.1) is 6.20 Å². The summed E-state index contributed by atoms with van der Waals surface area (Å²) in [6.07, 6.45) is 0.650. The molecule has 0 aliphatic rings. The number of hydrogen-bond acceptors (Lipinski definition) is 4. The SMILES string of the molecule is C[C@H](OCc1ncc(-c2cccc(Cl)c2)o1)C(=O)O. The molecule has 0 radical (unpaired) electrons. The van der Waals surface area contributed by atoms with E-state index in [1.807, 2.05) is 12.1 Å². The van der Waals surface area contributed by atoms with Crippen LogP contribution in [0.5, 0.6) is 0 Å². The zero-order valence-corrected chi connectivity index (χ0v) is 10.9. The number of aliphatic carboxylic acids is 1. The predicted molar refractivity (Wildman–Crippen MR) is 68.8 cm³/mol. The number of halogens is 1. The molecular weight excluding hydrogens is 270 g/mol. The lowest BCUT2D eigenvalue weighted by Crippen LogP contribution is -2.19. The molecule has 19 heavy (non-hydrogen) atoms. The van der Waals surface area contributed by atoms with Crippen LogP contribution in [0.4, 0.5) is 0 Å². The zero-order chi connectivity index (χ0) is 13.8. The number of aromatic nitrogens is 1. The number of carboxylic acids is 1. The van der Waals surface area contributed by atoms with Crippen molar-refractivity contribution in [1.82, 2.24) is 4.98 Å². The standard InChI is InChI=1S/C13H12ClNO4/c1-8(13(16)17)18-7-12-15-6-11(19-12)9-3-2-4-10(14)5-9/h2-6,8H,7H2,1H3,(H,16,17)/t8-/m0/s1. The van der Waals surface area contributed by atoms with Crippen LogP contribution in [-0.2, 0) is 16.1 Å². The first kappa shape index (κ1) is 13.6. The molecule has 1 heterocycles. The highest BCUT2D eigenvalue weighted by atomic mass is 35.5. The van der Waals surface area contributed by atoms with Gasteiger partial charge in [0.1, 0.15) is 6.61 Å². The number of hydrogen-bond donors (Lipinski definition) is 1. The Kier molecular flexibility index (Phi) is 4.19. The van der Waals surface area contributed by atoms with Crippen LogP contribution in [0, 0.1) is 0 Å². The van der Waals surface area contributed by atoms with Crippen molar-refractivity contribution >= 4 is 17.6 Å². The van der Waals surface area contributed by atoms with E-state index in [4.69, 9.17) is 25.9 Å². The average molecular weight is 282 g/mol. The zero-order valence-electron chi connectivity index (χ0n) is 10.2. The molecule has 2 rings (SSSR count). The minimum atomic E-state index is -1.03. The van der Waals surface area contributed by atoms with Crippen LogP contribution < -0.4 is 0 Å². The summed E-state index contributed by atoms with van der Waals surface area (Å²) in [6, 6.07) is 7.17. The van der Waals surface area contributed by atoms with Crippen LogP contribution in [0.2, 0.25) is 5.02 Å². The van der Waals surface area contributed by atoms with E-state index in [0.717, 1.165) is 5.56 Å². The number of nitrogens with zero attached hydrogens (tertiary/aromatic N) is 1. The van der Waals surface area contributed by atoms with Crippen LogP contribution in [0.15, 0.2) is 34.9 Å². The van der Waals surface area contributed by atoms with Crippen LogP contribution >= 0.6 is 11.6 Å². The second-order valence-electron chi connectivity index (χ2n) is 3.92. The smallest absolute Gasteiger partial charge is 0.332 e. The summed E-state index contributed by atoms with van der Waals surface area (Å²) in [5.74, 6) is -0.145. The number of rotatable bonds is 5. The molecule has 0 aliphatic carbocycles. The maximum Gasteiger partial charge on any atom is 0.332 e. The van der Waals surface area contributed by atoms with Crippen LogP contribution in [0.3, 0.4) is 0 Å². The third-order valence-corrected chi connectivity index (χ3v) is 2.70. The fourth-order valence-corrected chi connectivity index (χ4v) is 1.61. The number of ether oxygens (including phenoxy) is 1. The molecule has 0 amide bonds. The summed E-state index contributed by atoms with van der Waals surface area (Å²) < 4.78 is 10.5. The molecule has 0 fully saturated rings. The monoisotopic (exact) mass is 281 g/mol. The van der Waals surface area contributed by atoms with E-state index in [0.29, 0.717) is 16.7 Å². The molecule has 0 aliphatic heterocycles. The average Bonchev–Trinajstić information content (AvgIpc) is 2.84. The lowest BCUT2D eigenvalue weighted by atomic mass is 10.2. The first-order valence-corrected chi connectivity index (χ1v) is 5.99. The quantitative estimate of drug-likeness (QED) is 0.912.